The van der Waals surface area contributed by atoms with E-state index in [9.17, 15) is 0 Å². The van der Waals surface area contributed by atoms with Crippen molar-refractivity contribution in [3.05, 3.63) is 212 Å². The zero-order chi connectivity index (χ0) is 40.7. The van der Waals surface area contributed by atoms with E-state index < -0.39 is 0 Å². The highest BCUT2D eigenvalue weighted by Gasteiger charge is 2.21. The fourth-order valence-corrected chi connectivity index (χ4v) is 9.68. The van der Waals surface area contributed by atoms with E-state index in [2.05, 4.69) is 221 Å². The Morgan fingerprint density at radius 2 is 0.774 bits per heavy atom. The van der Waals surface area contributed by atoms with Crippen LogP contribution in [0.4, 0.5) is 0 Å². The van der Waals surface area contributed by atoms with Crippen LogP contribution in [-0.2, 0) is 0 Å². The van der Waals surface area contributed by atoms with E-state index >= 15 is 0 Å². The number of rotatable bonds is 5. The van der Waals surface area contributed by atoms with Gasteiger partial charge < -0.3 is 9.13 Å². The molecule has 0 atom stereocenters. The summed E-state index contributed by atoms with van der Waals surface area (Å²) in [4.78, 5) is 16.2. The normalized spacial score (nSPS) is 11.9. The zero-order valence-corrected chi connectivity index (χ0v) is 33.4. The first-order valence-electron chi connectivity index (χ1n) is 21.0. The van der Waals surface area contributed by atoms with E-state index in [1.165, 1.54) is 26.9 Å². The summed E-state index contributed by atoms with van der Waals surface area (Å²) in [6.07, 6.45) is 0. The van der Waals surface area contributed by atoms with Crippen LogP contribution in [-0.4, -0.2) is 24.1 Å². The largest absolute Gasteiger partial charge is 0.309 e. The van der Waals surface area contributed by atoms with Crippen LogP contribution in [0.1, 0.15) is 0 Å². The van der Waals surface area contributed by atoms with Crippen molar-refractivity contribution in [1.29, 1.82) is 0 Å². The Labute approximate surface area is 356 Å². The third-order valence-corrected chi connectivity index (χ3v) is 12.5. The lowest BCUT2D eigenvalue weighted by atomic mass is 10.0. The van der Waals surface area contributed by atoms with Crippen molar-refractivity contribution in [3.8, 4) is 45.5 Å². The lowest BCUT2D eigenvalue weighted by Gasteiger charge is -2.15. The molecule has 62 heavy (non-hydrogen) atoms. The number of aromatic nitrogens is 5. The Morgan fingerprint density at radius 3 is 1.52 bits per heavy atom. The van der Waals surface area contributed by atoms with Crippen LogP contribution in [0.5, 0.6) is 0 Å². The average molecular weight is 790 g/mol. The van der Waals surface area contributed by atoms with Gasteiger partial charge in [-0.1, -0.05) is 146 Å². The third kappa shape index (κ3) is 5.32. The molecule has 0 aliphatic carbocycles. The molecule has 0 aliphatic rings. The SMILES string of the molecule is c1ccc(-n2c3ccccc3c3cc(-c4nc(-c5cccc6ccccc56)nc(-c5cc(-n6c7ccccc7c7cc8ccccc8cc76)cc6ccccc56)n4)ccc32)cc1. The van der Waals surface area contributed by atoms with Crippen LogP contribution in [0.15, 0.2) is 212 Å². The molecule has 288 valence electrons. The number of hydrogen-bond acceptors (Lipinski definition) is 3. The maximum Gasteiger partial charge on any atom is 0.164 e. The molecule has 0 saturated carbocycles. The zero-order valence-electron chi connectivity index (χ0n) is 33.4. The fourth-order valence-electron chi connectivity index (χ4n) is 9.68. The summed E-state index contributed by atoms with van der Waals surface area (Å²) in [5.41, 5.74) is 9.58. The number of nitrogens with zero attached hydrogens (tertiary/aromatic N) is 5. The summed E-state index contributed by atoms with van der Waals surface area (Å²) in [6.45, 7) is 0. The molecule has 13 aromatic rings. The minimum Gasteiger partial charge on any atom is -0.309 e. The first kappa shape index (κ1) is 34.5. The number of fused-ring (bicyclic) bond motifs is 9. The van der Waals surface area contributed by atoms with Gasteiger partial charge in [0.2, 0.25) is 0 Å². The summed E-state index contributed by atoms with van der Waals surface area (Å²) < 4.78 is 4.74. The van der Waals surface area contributed by atoms with Gasteiger partial charge in [-0.25, -0.2) is 15.0 Å². The monoisotopic (exact) mass is 789 g/mol. The topological polar surface area (TPSA) is 48.5 Å². The van der Waals surface area contributed by atoms with Gasteiger partial charge in [0.05, 0.1) is 22.1 Å². The molecule has 0 amide bonds. The van der Waals surface area contributed by atoms with E-state index in [0.29, 0.717) is 17.5 Å². The quantitative estimate of drug-likeness (QED) is 0.174. The lowest BCUT2D eigenvalue weighted by Crippen LogP contribution is -2.02. The van der Waals surface area contributed by atoms with Crippen LogP contribution in [0.25, 0.3) is 121 Å². The predicted molar refractivity (Wildman–Crippen MR) is 257 cm³/mol. The van der Waals surface area contributed by atoms with E-state index in [1.54, 1.807) is 0 Å². The van der Waals surface area contributed by atoms with Crippen LogP contribution >= 0.6 is 0 Å². The van der Waals surface area contributed by atoms with E-state index in [-0.39, 0.29) is 0 Å². The van der Waals surface area contributed by atoms with Gasteiger partial charge in [-0.05, 0) is 99.0 Å². The van der Waals surface area contributed by atoms with Crippen molar-refractivity contribution in [2.75, 3.05) is 0 Å². The molecule has 0 fully saturated rings. The molecule has 0 spiro atoms. The van der Waals surface area contributed by atoms with Crippen LogP contribution < -0.4 is 0 Å². The van der Waals surface area contributed by atoms with Crippen molar-refractivity contribution in [2.45, 2.75) is 0 Å². The van der Waals surface area contributed by atoms with Crippen molar-refractivity contribution >= 4 is 75.9 Å². The molecule has 13 rings (SSSR count). The Balaban J connectivity index is 1.09. The van der Waals surface area contributed by atoms with Crippen molar-refractivity contribution in [1.82, 2.24) is 24.1 Å². The Kier molecular flexibility index (Phi) is 7.54. The highest BCUT2D eigenvalue weighted by Crippen LogP contribution is 2.40. The summed E-state index contributed by atoms with van der Waals surface area (Å²) in [6, 6.07) is 75.7. The van der Waals surface area contributed by atoms with E-state index in [4.69, 9.17) is 15.0 Å². The molecule has 0 bridgehead atoms. The first-order valence-corrected chi connectivity index (χ1v) is 21.0. The third-order valence-electron chi connectivity index (χ3n) is 12.5. The second-order valence-electron chi connectivity index (χ2n) is 16.0. The maximum atomic E-state index is 5.43. The molecule has 5 nitrogen and oxygen atoms in total. The minimum absolute atomic E-state index is 0.619. The first-order chi connectivity index (χ1) is 30.7. The Hall–Kier alpha value is -8.41. The van der Waals surface area contributed by atoms with Gasteiger partial charge in [0.25, 0.3) is 0 Å². The van der Waals surface area contributed by atoms with Gasteiger partial charge in [-0.2, -0.15) is 0 Å². The minimum atomic E-state index is 0.619. The van der Waals surface area contributed by atoms with Gasteiger partial charge in [0, 0.05) is 49.6 Å². The van der Waals surface area contributed by atoms with Gasteiger partial charge in [0.15, 0.2) is 17.5 Å². The predicted octanol–water partition coefficient (Wildman–Crippen LogP) is 14.5. The number of para-hydroxylation sites is 3. The van der Waals surface area contributed by atoms with Crippen LogP contribution in [0.3, 0.4) is 0 Å². The lowest BCUT2D eigenvalue weighted by molar-refractivity contribution is 1.08. The fraction of sp³-hybridized carbons (Fsp3) is 0. The maximum absolute atomic E-state index is 5.43. The number of hydrogen-bond donors (Lipinski definition) is 0. The van der Waals surface area contributed by atoms with Crippen molar-refractivity contribution in [3.63, 3.8) is 0 Å². The second-order valence-corrected chi connectivity index (χ2v) is 16.0. The molecule has 0 N–H and O–H groups in total. The second kappa shape index (κ2) is 13.6. The molecule has 5 heteroatoms. The highest BCUT2D eigenvalue weighted by molar-refractivity contribution is 6.14. The molecular formula is C57H35N5. The molecule has 10 aromatic carbocycles. The molecule has 0 unspecified atom stereocenters. The highest BCUT2D eigenvalue weighted by atomic mass is 15.0. The van der Waals surface area contributed by atoms with Crippen LogP contribution in [0, 0.1) is 0 Å². The molecule has 0 saturated heterocycles. The molecule has 3 aromatic heterocycles. The van der Waals surface area contributed by atoms with Gasteiger partial charge in [0.1, 0.15) is 0 Å². The van der Waals surface area contributed by atoms with Gasteiger partial charge in [-0.15, -0.1) is 0 Å². The van der Waals surface area contributed by atoms with Crippen molar-refractivity contribution < 1.29 is 0 Å². The molecular weight excluding hydrogens is 755 g/mol. The Bertz CT molecular complexity index is 3930. The van der Waals surface area contributed by atoms with E-state index in [1.807, 2.05) is 0 Å². The number of benzene rings is 10. The van der Waals surface area contributed by atoms with Gasteiger partial charge in [-0.3, -0.25) is 0 Å². The smallest absolute Gasteiger partial charge is 0.164 e. The molecule has 3 heterocycles. The Morgan fingerprint density at radius 1 is 0.258 bits per heavy atom. The van der Waals surface area contributed by atoms with Crippen molar-refractivity contribution in [2.24, 2.45) is 0 Å². The van der Waals surface area contributed by atoms with E-state index in [0.717, 1.165) is 77.1 Å². The molecule has 0 aliphatic heterocycles. The summed E-state index contributed by atoms with van der Waals surface area (Å²) >= 11 is 0. The summed E-state index contributed by atoms with van der Waals surface area (Å²) in [7, 11) is 0. The summed E-state index contributed by atoms with van der Waals surface area (Å²) in [5.74, 6) is 1.87. The van der Waals surface area contributed by atoms with Gasteiger partial charge >= 0.3 is 0 Å². The standard InChI is InChI=1S/C57H35N5/c1-2-20-41(21-3-1)61-51-27-12-10-24-45(51)48-33-40(29-30-53(48)61)55-58-56(47-26-14-19-36-15-6-8-22-43(36)47)60-57(59-55)50-35-42(31-39-18-7-9-23-44(39)50)62-52-28-13-11-25-46(52)49-32-37-16-4-5-17-38(37)34-54(49)62/h1-35H. The average Bonchev–Trinajstić information content (AvgIpc) is 3.84. The molecule has 0 radical (unpaired) electrons. The van der Waals surface area contributed by atoms with Crippen LogP contribution in [0.2, 0.25) is 0 Å². The summed E-state index contributed by atoms with van der Waals surface area (Å²) in [5, 5.41) is 11.6.